The lowest BCUT2D eigenvalue weighted by Gasteiger charge is -2.07. The number of hydrogen-bond acceptors (Lipinski definition) is 3. The number of imidazole rings is 1. The highest BCUT2D eigenvalue weighted by molar-refractivity contribution is 5.80. The number of carbonyl (C=O) groups is 1. The predicted octanol–water partition coefficient (Wildman–Crippen LogP) is 2.22. The van der Waals surface area contributed by atoms with E-state index in [1.165, 1.54) is 0 Å². The molecule has 0 aliphatic carbocycles. The third-order valence-electron chi connectivity index (χ3n) is 3.43. The molecule has 3 aromatic rings. The molecule has 0 aliphatic heterocycles. The van der Waals surface area contributed by atoms with Crippen molar-refractivity contribution in [3.8, 4) is 11.5 Å². The second kappa shape index (κ2) is 5.05. The number of carboxylic acid groups (broad SMARTS) is 1. The molecule has 0 radical (unpaired) electrons. The smallest absolute Gasteiger partial charge is 0.305 e. The molecule has 0 amide bonds. The standard InChI is InChI=1S/C15H16N4O2/c1-10-9-13(18(2)17-10)15-16-11-5-3-4-6-12(11)19(15)8-7-14(20)21/h3-6,9H,7-8H2,1-2H3,(H,20,21). The molecule has 6 heteroatoms. The van der Waals surface area contributed by atoms with Crippen LogP contribution < -0.4 is 0 Å². The number of benzene rings is 1. The minimum atomic E-state index is -0.820. The summed E-state index contributed by atoms with van der Waals surface area (Å²) in [4.78, 5) is 15.5. The van der Waals surface area contributed by atoms with Gasteiger partial charge in [-0.1, -0.05) is 12.1 Å². The molecule has 6 nitrogen and oxygen atoms in total. The fraction of sp³-hybridized carbons (Fsp3) is 0.267. The third kappa shape index (κ3) is 2.40. The number of aliphatic carboxylic acids is 1. The molecule has 1 N–H and O–H groups in total. The summed E-state index contributed by atoms with van der Waals surface area (Å²) >= 11 is 0. The first kappa shape index (κ1) is 13.4. The van der Waals surface area contributed by atoms with Gasteiger partial charge in [-0.05, 0) is 25.1 Å². The van der Waals surface area contributed by atoms with Crippen LogP contribution in [-0.4, -0.2) is 30.4 Å². The van der Waals surface area contributed by atoms with E-state index in [0.717, 1.165) is 28.2 Å². The van der Waals surface area contributed by atoms with E-state index in [1.807, 2.05) is 48.9 Å². The number of carboxylic acids is 1. The average molecular weight is 284 g/mol. The van der Waals surface area contributed by atoms with Crippen LogP contribution in [0.15, 0.2) is 30.3 Å². The maximum atomic E-state index is 10.9. The van der Waals surface area contributed by atoms with Crippen LogP contribution in [0.1, 0.15) is 12.1 Å². The summed E-state index contributed by atoms with van der Waals surface area (Å²) in [6.45, 7) is 2.31. The van der Waals surface area contributed by atoms with E-state index in [0.29, 0.717) is 6.54 Å². The molecule has 2 heterocycles. The molecular formula is C15H16N4O2. The number of aryl methyl sites for hydroxylation is 3. The number of fused-ring (bicyclic) bond motifs is 1. The van der Waals surface area contributed by atoms with Crippen molar-refractivity contribution in [2.75, 3.05) is 0 Å². The maximum absolute atomic E-state index is 10.9. The second-order valence-electron chi connectivity index (χ2n) is 5.01. The molecule has 21 heavy (non-hydrogen) atoms. The number of rotatable bonds is 4. The Labute approximate surface area is 121 Å². The summed E-state index contributed by atoms with van der Waals surface area (Å²) in [7, 11) is 1.86. The van der Waals surface area contributed by atoms with E-state index in [9.17, 15) is 4.79 Å². The molecule has 0 fully saturated rings. The molecule has 3 rings (SSSR count). The van der Waals surface area contributed by atoms with Crippen molar-refractivity contribution in [1.82, 2.24) is 19.3 Å². The van der Waals surface area contributed by atoms with E-state index >= 15 is 0 Å². The van der Waals surface area contributed by atoms with Crippen LogP contribution >= 0.6 is 0 Å². The Morgan fingerprint density at radius 3 is 2.76 bits per heavy atom. The fourth-order valence-corrected chi connectivity index (χ4v) is 2.52. The van der Waals surface area contributed by atoms with Gasteiger partial charge in [0.25, 0.3) is 0 Å². The molecule has 0 bridgehead atoms. The monoisotopic (exact) mass is 284 g/mol. The van der Waals surface area contributed by atoms with Crippen molar-refractivity contribution >= 4 is 17.0 Å². The summed E-state index contributed by atoms with van der Waals surface area (Å²) in [6, 6.07) is 9.70. The van der Waals surface area contributed by atoms with Gasteiger partial charge in [0.1, 0.15) is 5.69 Å². The average Bonchev–Trinajstić information content (AvgIpc) is 2.96. The van der Waals surface area contributed by atoms with Crippen LogP contribution in [0.2, 0.25) is 0 Å². The van der Waals surface area contributed by atoms with Gasteiger partial charge in [0.05, 0.1) is 23.1 Å². The Kier molecular flexibility index (Phi) is 3.21. The summed E-state index contributed by atoms with van der Waals surface area (Å²) in [6.07, 6.45) is 0.0597. The lowest BCUT2D eigenvalue weighted by Crippen LogP contribution is -2.07. The molecule has 0 unspecified atom stereocenters. The van der Waals surface area contributed by atoms with Crippen LogP contribution in [0, 0.1) is 6.92 Å². The number of hydrogen-bond donors (Lipinski definition) is 1. The summed E-state index contributed by atoms with van der Waals surface area (Å²) < 4.78 is 3.72. The van der Waals surface area contributed by atoms with E-state index in [1.54, 1.807) is 4.68 Å². The van der Waals surface area contributed by atoms with Crippen molar-refractivity contribution in [3.05, 3.63) is 36.0 Å². The topological polar surface area (TPSA) is 72.9 Å². The highest BCUT2D eigenvalue weighted by Gasteiger charge is 2.16. The predicted molar refractivity (Wildman–Crippen MR) is 78.9 cm³/mol. The molecule has 2 aromatic heterocycles. The summed E-state index contributed by atoms with van der Waals surface area (Å²) in [5, 5.41) is 13.3. The molecule has 0 spiro atoms. The van der Waals surface area contributed by atoms with Crippen LogP contribution in [-0.2, 0) is 18.4 Å². The Balaban J connectivity index is 2.18. The van der Waals surface area contributed by atoms with Gasteiger partial charge in [-0.3, -0.25) is 9.48 Å². The minimum absolute atomic E-state index is 0.0597. The van der Waals surface area contributed by atoms with E-state index in [2.05, 4.69) is 10.1 Å². The first-order valence-corrected chi connectivity index (χ1v) is 6.74. The maximum Gasteiger partial charge on any atom is 0.305 e. The number of para-hydroxylation sites is 2. The van der Waals surface area contributed by atoms with Crippen molar-refractivity contribution in [2.45, 2.75) is 19.9 Å². The van der Waals surface area contributed by atoms with Crippen LogP contribution in [0.25, 0.3) is 22.6 Å². The molecule has 1 aromatic carbocycles. The van der Waals surface area contributed by atoms with Crippen molar-refractivity contribution in [3.63, 3.8) is 0 Å². The van der Waals surface area contributed by atoms with Crippen molar-refractivity contribution in [1.29, 1.82) is 0 Å². The van der Waals surface area contributed by atoms with Crippen molar-refractivity contribution < 1.29 is 9.90 Å². The number of nitrogens with zero attached hydrogens (tertiary/aromatic N) is 4. The lowest BCUT2D eigenvalue weighted by atomic mass is 10.3. The fourth-order valence-electron chi connectivity index (χ4n) is 2.52. The third-order valence-corrected chi connectivity index (χ3v) is 3.43. The molecule has 0 atom stereocenters. The van der Waals surface area contributed by atoms with E-state index in [4.69, 9.17) is 5.11 Å². The summed E-state index contributed by atoms with van der Waals surface area (Å²) in [5.74, 6) is -0.0690. The molecule has 0 saturated heterocycles. The van der Waals surface area contributed by atoms with E-state index in [-0.39, 0.29) is 6.42 Å². The zero-order chi connectivity index (χ0) is 15.0. The second-order valence-corrected chi connectivity index (χ2v) is 5.01. The number of aromatic nitrogens is 4. The van der Waals surface area contributed by atoms with Crippen LogP contribution in [0.3, 0.4) is 0 Å². The highest BCUT2D eigenvalue weighted by atomic mass is 16.4. The first-order valence-electron chi connectivity index (χ1n) is 6.74. The largest absolute Gasteiger partial charge is 0.481 e. The van der Waals surface area contributed by atoms with E-state index < -0.39 is 5.97 Å². The quantitative estimate of drug-likeness (QED) is 0.797. The Morgan fingerprint density at radius 1 is 1.33 bits per heavy atom. The lowest BCUT2D eigenvalue weighted by molar-refractivity contribution is -0.137. The zero-order valence-electron chi connectivity index (χ0n) is 11.9. The Bertz CT molecular complexity index is 816. The molecule has 108 valence electrons. The Morgan fingerprint density at radius 2 is 2.10 bits per heavy atom. The SMILES string of the molecule is Cc1cc(-c2nc3ccccc3n2CCC(=O)O)n(C)n1. The van der Waals surface area contributed by atoms with Gasteiger partial charge in [0.15, 0.2) is 5.82 Å². The zero-order valence-corrected chi connectivity index (χ0v) is 11.9. The molecule has 0 saturated carbocycles. The highest BCUT2D eigenvalue weighted by Crippen LogP contribution is 2.25. The van der Waals surface area contributed by atoms with Crippen LogP contribution in [0.4, 0.5) is 0 Å². The van der Waals surface area contributed by atoms with Crippen molar-refractivity contribution in [2.24, 2.45) is 7.05 Å². The van der Waals surface area contributed by atoms with Gasteiger partial charge in [0, 0.05) is 13.6 Å². The normalized spacial score (nSPS) is 11.1. The first-order chi connectivity index (χ1) is 10.1. The van der Waals surface area contributed by atoms with Gasteiger partial charge in [0.2, 0.25) is 0 Å². The molecule has 0 aliphatic rings. The van der Waals surface area contributed by atoms with Crippen LogP contribution in [0.5, 0.6) is 0 Å². The summed E-state index contributed by atoms with van der Waals surface area (Å²) in [5.41, 5.74) is 3.59. The van der Waals surface area contributed by atoms with Gasteiger partial charge >= 0.3 is 5.97 Å². The molecular weight excluding hydrogens is 268 g/mol. The van der Waals surface area contributed by atoms with Gasteiger partial charge in [-0.2, -0.15) is 5.10 Å². The Hall–Kier alpha value is -2.63. The van der Waals surface area contributed by atoms with Gasteiger partial charge in [-0.15, -0.1) is 0 Å². The van der Waals surface area contributed by atoms with Gasteiger partial charge < -0.3 is 9.67 Å². The minimum Gasteiger partial charge on any atom is -0.481 e. The van der Waals surface area contributed by atoms with Gasteiger partial charge in [-0.25, -0.2) is 4.98 Å².